The molecule has 2 aromatic carbocycles. The van der Waals surface area contributed by atoms with Crippen molar-refractivity contribution in [2.75, 3.05) is 23.7 Å². The fraction of sp³-hybridized carbons (Fsp3) is 0.346. The number of carbonyl (C=O) groups is 2. The fourth-order valence-electron chi connectivity index (χ4n) is 3.90. The molecular weight excluding hydrogens is 501 g/mol. The van der Waals surface area contributed by atoms with E-state index in [2.05, 4.69) is 41.6 Å². The van der Waals surface area contributed by atoms with Crippen LogP contribution in [-0.4, -0.2) is 46.2 Å². The number of nitrogens with one attached hydrogen (secondary N) is 3. The summed E-state index contributed by atoms with van der Waals surface area (Å²) < 4.78 is 6.10. The van der Waals surface area contributed by atoms with Gasteiger partial charge in [-0.3, -0.25) is 15.2 Å². The molecule has 3 N–H and O–H groups in total. The molecule has 1 saturated heterocycles. The van der Waals surface area contributed by atoms with Gasteiger partial charge in [-0.2, -0.15) is 5.10 Å². The third-order valence-corrected chi connectivity index (χ3v) is 6.55. The Hall–Kier alpha value is -3.23. The summed E-state index contributed by atoms with van der Waals surface area (Å²) in [7, 11) is 0. The molecule has 190 valence electrons. The molecule has 8 nitrogen and oxygen atoms in total. The van der Waals surface area contributed by atoms with Crippen LogP contribution in [-0.2, 0) is 5.41 Å². The van der Waals surface area contributed by atoms with Gasteiger partial charge in [0.2, 0.25) is 0 Å². The third-order valence-electron chi connectivity index (χ3n) is 5.92. The first kappa shape index (κ1) is 25.9. The van der Waals surface area contributed by atoms with Gasteiger partial charge in [-0.1, -0.05) is 50.0 Å². The highest BCUT2D eigenvalue weighted by molar-refractivity contribution is 6.39. The molecule has 0 atom stereocenters. The smallest absolute Gasteiger partial charge is 0.324 e. The lowest BCUT2D eigenvalue weighted by Gasteiger charge is -2.32. The van der Waals surface area contributed by atoms with Gasteiger partial charge in [0, 0.05) is 43.1 Å². The average Bonchev–Trinajstić information content (AvgIpc) is 3.30. The second-order valence-corrected chi connectivity index (χ2v) is 10.5. The summed E-state index contributed by atoms with van der Waals surface area (Å²) in [6.07, 6.45) is 1.36. The van der Waals surface area contributed by atoms with Crippen LogP contribution in [0.1, 0.15) is 49.7 Å². The van der Waals surface area contributed by atoms with E-state index in [9.17, 15) is 9.59 Å². The topological polar surface area (TPSA) is 99.4 Å². The Morgan fingerprint density at radius 1 is 1.03 bits per heavy atom. The van der Waals surface area contributed by atoms with Crippen molar-refractivity contribution in [3.63, 3.8) is 0 Å². The Morgan fingerprint density at radius 2 is 1.67 bits per heavy atom. The highest BCUT2D eigenvalue weighted by Crippen LogP contribution is 2.28. The number of aromatic nitrogens is 2. The van der Waals surface area contributed by atoms with Crippen LogP contribution in [0.15, 0.2) is 48.5 Å². The summed E-state index contributed by atoms with van der Waals surface area (Å²) in [5.41, 5.74) is 1.72. The number of halogens is 2. The van der Waals surface area contributed by atoms with Gasteiger partial charge in [-0.25, -0.2) is 4.79 Å². The van der Waals surface area contributed by atoms with E-state index >= 15 is 0 Å². The summed E-state index contributed by atoms with van der Waals surface area (Å²) in [6.45, 7) is 7.26. The number of piperidine rings is 1. The monoisotopic (exact) mass is 529 g/mol. The lowest BCUT2D eigenvalue weighted by molar-refractivity contribution is 0.0596. The fourth-order valence-corrected chi connectivity index (χ4v) is 4.46. The molecule has 1 aliphatic heterocycles. The van der Waals surface area contributed by atoms with Crippen molar-refractivity contribution in [3.8, 4) is 5.75 Å². The van der Waals surface area contributed by atoms with E-state index in [1.165, 1.54) is 0 Å². The number of carbonyl (C=O) groups excluding carboxylic acids is 2. The predicted octanol–water partition coefficient (Wildman–Crippen LogP) is 6.34. The maximum atomic E-state index is 12.9. The maximum absolute atomic E-state index is 12.9. The Balaban J connectivity index is 1.25. The van der Waals surface area contributed by atoms with Crippen molar-refractivity contribution in [2.45, 2.75) is 45.1 Å². The van der Waals surface area contributed by atoms with Crippen LogP contribution in [0.25, 0.3) is 0 Å². The zero-order chi connectivity index (χ0) is 25.9. The van der Waals surface area contributed by atoms with Crippen molar-refractivity contribution in [2.24, 2.45) is 0 Å². The average molecular weight is 530 g/mol. The minimum Gasteiger partial charge on any atom is -0.490 e. The minimum atomic E-state index is -0.372. The Labute approximate surface area is 220 Å². The van der Waals surface area contributed by atoms with Crippen molar-refractivity contribution in [3.05, 3.63) is 69.8 Å². The molecule has 1 fully saturated rings. The van der Waals surface area contributed by atoms with Crippen LogP contribution >= 0.6 is 23.2 Å². The second-order valence-electron chi connectivity index (χ2n) is 9.73. The van der Waals surface area contributed by atoms with Crippen LogP contribution < -0.4 is 15.4 Å². The molecule has 36 heavy (non-hydrogen) atoms. The summed E-state index contributed by atoms with van der Waals surface area (Å²) in [4.78, 5) is 26.9. The van der Waals surface area contributed by atoms with Crippen LogP contribution in [0.5, 0.6) is 5.75 Å². The van der Waals surface area contributed by atoms with Crippen LogP contribution in [0.4, 0.5) is 16.3 Å². The van der Waals surface area contributed by atoms with Crippen molar-refractivity contribution >= 4 is 46.6 Å². The molecule has 0 bridgehead atoms. The molecule has 3 amide bonds. The number of aromatic amines is 1. The van der Waals surface area contributed by atoms with E-state index in [0.717, 1.165) is 5.69 Å². The third kappa shape index (κ3) is 6.30. The number of urea groups is 1. The quantitative estimate of drug-likeness (QED) is 0.358. The number of hydrogen-bond donors (Lipinski definition) is 3. The van der Waals surface area contributed by atoms with Crippen LogP contribution in [0, 0.1) is 0 Å². The Morgan fingerprint density at radius 3 is 2.25 bits per heavy atom. The van der Waals surface area contributed by atoms with Gasteiger partial charge in [0.15, 0.2) is 0 Å². The van der Waals surface area contributed by atoms with Gasteiger partial charge in [0.05, 0.1) is 21.3 Å². The zero-order valence-electron chi connectivity index (χ0n) is 20.4. The molecule has 4 rings (SSSR count). The molecule has 1 aromatic heterocycles. The maximum Gasteiger partial charge on any atom is 0.324 e. The minimum absolute atomic E-state index is 0.0183. The highest BCUT2D eigenvalue weighted by Gasteiger charge is 2.27. The van der Waals surface area contributed by atoms with Gasteiger partial charge in [0.25, 0.3) is 5.91 Å². The normalized spacial score (nSPS) is 14.4. The van der Waals surface area contributed by atoms with Gasteiger partial charge in [-0.05, 0) is 36.4 Å². The molecule has 2 heterocycles. The number of benzene rings is 2. The van der Waals surface area contributed by atoms with E-state index in [-0.39, 0.29) is 23.5 Å². The number of hydrogen-bond acceptors (Lipinski definition) is 4. The number of likely N-dealkylation sites (tertiary alicyclic amines) is 1. The van der Waals surface area contributed by atoms with Crippen LogP contribution in [0.3, 0.4) is 0 Å². The van der Waals surface area contributed by atoms with E-state index in [4.69, 9.17) is 27.9 Å². The van der Waals surface area contributed by atoms with Crippen LogP contribution in [0.2, 0.25) is 10.0 Å². The van der Waals surface area contributed by atoms with Gasteiger partial charge in [-0.15, -0.1) is 0 Å². The first-order chi connectivity index (χ1) is 17.1. The molecule has 3 aromatic rings. The number of amides is 3. The molecule has 0 saturated carbocycles. The Bertz CT molecular complexity index is 1210. The standard InChI is InChI=1S/C26H29Cl2N5O3/c1-26(2,3)21-15-22(32-31-21)30-25(35)29-16-7-9-17(10-8-16)36-18-11-13-33(14-12-18)24(34)23-19(27)5-4-6-20(23)28/h4-10,15,18H,11-14H2,1-3H3,(H3,29,30,31,32,35). The molecule has 0 spiro atoms. The zero-order valence-corrected chi connectivity index (χ0v) is 21.9. The molecule has 0 unspecified atom stereocenters. The van der Waals surface area contributed by atoms with Gasteiger partial charge >= 0.3 is 6.03 Å². The largest absolute Gasteiger partial charge is 0.490 e. The van der Waals surface area contributed by atoms with Gasteiger partial charge < -0.3 is 15.0 Å². The summed E-state index contributed by atoms with van der Waals surface area (Å²) in [6, 6.07) is 13.7. The number of ether oxygens (including phenoxy) is 1. The first-order valence-corrected chi connectivity index (χ1v) is 12.5. The molecular formula is C26H29Cl2N5O3. The number of nitrogens with zero attached hydrogens (tertiary/aromatic N) is 2. The SMILES string of the molecule is CC(C)(C)c1cc(NC(=O)Nc2ccc(OC3CCN(C(=O)c4c(Cl)cccc4Cl)CC3)cc2)[nH]n1. The van der Waals surface area contributed by atoms with E-state index in [1.807, 2.05) is 18.2 Å². The highest BCUT2D eigenvalue weighted by atomic mass is 35.5. The van der Waals surface area contributed by atoms with Crippen molar-refractivity contribution in [1.82, 2.24) is 15.1 Å². The first-order valence-electron chi connectivity index (χ1n) is 11.7. The Kier molecular flexibility index (Phi) is 7.76. The molecule has 0 radical (unpaired) electrons. The lowest BCUT2D eigenvalue weighted by atomic mass is 9.92. The molecule has 1 aliphatic rings. The molecule has 0 aliphatic carbocycles. The number of rotatable bonds is 5. The summed E-state index contributed by atoms with van der Waals surface area (Å²) in [5.74, 6) is 1.06. The summed E-state index contributed by atoms with van der Waals surface area (Å²) in [5, 5.41) is 13.3. The number of anilines is 2. The van der Waals surface area contributed by atoms with E-state index in [0.29, 0.717) is 58.8 Å². The summed E-state index contributed by atoms with van der Waals surface area (Å²) >= 11 is 12.4. The second kappa shape index (κ2) is 10.8. The number of H-pyrrole nitrogens is 1. The lowest BCUT2D eigenvalue weighted by Crippen LogP contribution is -2.42. The van der Waals surface area contributed by atoms with Gasteiger partial charge in [0.1, 0.15) is 17.7 Å². The van der Waals surface area contributed by atoms with Crippen molar-refractivity contribution < 1.29 is 14.3 Å². The van der Waals surface area contributed by atoms with E-state index < -0.39 is 0 Å². The predicted molar refractivity (Wildman–Crippen MR) is 142 cm³/mol. The van der Waals surface area contributed by atoms with E-state index in [1.54, 1.807) is 35.2 Å². The molecule has 10 heteroatoms. The van der Waals surface area contributed by atoms with Crippen molar-refractivity contribution in [1.29, 1.82) is 0 Å².